The average molecular weight is 441 g/mol. The molecule has 0 aromatic rings. The van der Waals surface area contributed by atoms with E-state index >= 15 is 0 Å². The molecular formula is C30H48O2. The molecule has 4 rings (SSSR count). The maximum absolute atomic E-state index is 11.5. The van der Waals surface area contributed by atoms with Gasteiger partial charge in [-0.05, 0) is 104 Å². The Morgan fingerprint density at radius 1 is 1.12 bits per heavy atom. The molecule has 0 N–H and O–H groups in total. The van der Waals surface area contributed by atoms with Crippen molar-refractivity contribution >= 4 is 5.97 Å². The second kappa shape index (κ2) is 8.95. The normalized spacial score (nSPS) is 41.8. The van der Waals surface area contributed by atoms with E-state index in [1.807, 2.05) is 0 Å². The smallest absolute Gasteiger partial charge is 0.302 e. The Labute approximate surface area is 197 Å². The van der Waals surface area contributed by atoms with Crippen molar-refractivity contribution in [2.45, 2.75) is 112 Å². The lowest BCUT2D eigenvalue weighted by atomic mass is 9.47. The molecule has 2 heteroatoms. The zero-order chi connectivity index (χ0) is 23.3. The van der Waals surface area contributed by atoms with Crippen molar-refractivity contribution in [1.29, 1.82) is 0 Å². The molecule has 180 valence electrons. The van der Waals surface area contributed by atoms with E-state index in [1.165, 1.54) is 56.9 Å². The first-order valence-electron chi connectivity index (χ1n) is 13.6. The van der Waals surface area contributed by atoms with Crippen molar-refractivity contribution in [3.63, 3.8) is 0 Å². The lowest BCUT2D eigenvalue weighted by Crippen LogP contribution is -2.51. The zero-order valence-electron chi connectivity index (χ0n) is 21.7. The molecule has 0 amide bonds. The van der Waals surface area contributed by atoms with Crippen molar-refractivity contribution in [3.05, 3.63) is 23.8 Å². The number of allylic oxidation sites excluding steroid dienone is 2. The Balaban J connectivity index is 1.47. The Bertz CT molecular complexity index is 763. The monoisotopic (exact) mass is 440 g/mol. The van der Waals surface area contributed by atoms with Gasteiger partial charge in [-0.2, -0.15) is 0 Å². The predicted octanol–water partition coefficient (Wildman–Crippen LogP) is 8.13. The summed E-state index contributed by atoms with van der Waals surface area (Å²) in [5.41, 5.74) is 3.90. The fraction of sp³-hybridized carbons (Fsp3) is 0.833. The van der Waals surface area contributed by atoms with Gasteiger partial charge in [0.15, 0.2) is 0 Å². The van der Waals surface area contributed by atoms with E-state index in [0.717, 1.165) is 42.4 Å². The van der Waals surface area contributed by atoms with Gasteiger partial charge in [0.2, 0.25) is 0 Å². The summed E-state index contributed by atoms with van der Waals surface area (Å²) in [6.07, 6.45) is 15.4. The Kier molecular flexibility index (Phi) is 6.74. The number of fused-ring (bicyclic) bond motifs is 5. The van der Waals surface area contributed by atoms with Gasteiger partial charge in [0.05, 0.1) is 0 Å². The van der Waals surface area contributed by atoms with Crippen LogP contribution in [0.25, 0.3) is 0 Å². The van der Waals surface area contributed by atoms with Crippen molar-refractivity contribution in [3.8, 4) is 0 Å². The maximum atomic E-state index is 11.5. The van der Waals surface area contributed by atoms with E-state index < -0.39 is 0 Å². The summed E-state index contributed by atoms with van der Waals surface area (Å²) < 4.78 is 5.62. The van der Waals surface area contributed by atoms with Gasteiger partial charge in [-0.1, -0.05) is 58.4 Å². The number of hydrogen-bond donors (Lipinski definition) is 0. The summed E-state index contributed by atoms with van der Waals surface area (Å²) in [4.78, 5) is 11.5. The third-order valence-electron chi connectivity index (χ3n) is 10.9. The van der Waals surface area contributed by atoms with Crippen molar-refractivity contribution in [1.82, 2.24) is 0 Å². The van der Waals surface area contributed by atoms with Crippen LogP contribution in [0, 0.1) is 46.3 Å². The van der Waals surface area contributed by atoms with E-state index in [-0.39, 0.29) is 12.1 Å². The largest absolute Gasteiger partial charge is 0.462 e. The summed E-state index contributed by atoms with van der Waals surface area (Å²) in [6.45, 7) is 18.2. The number of ether oxygens (including phenoxy) is 1. The molecule has 0 spiro atoms. The summed E-state index contributed by atoms with van der Waals surface area (Å²) in [7, 11) is 0. The molecule has 0 unspecified atom stereocenters. The first-order valence-corrected chi connectivity index (χ1v) is 13.6. The van der Waals surface area contributed by atoms with Crippen LogP contribution in [0.15, 0.2) is 23.8 Å². The quantitative estimate of drug-likeness (QED) is 0.308. The highest BCUT2D eigenvalue weighted by molar-refractivity contribution is 5.66. The second-order valence-electron chi connectivity index (χ2n) is 12.8. The number of esters is 1. The van der Waals surface area contributed by atoms with E-state index in [1.54, 1.807) is 12.5 Å². The van der Waals surface area contributed by atoms with Crippen LogP contribution in [0.2, 0.25) is 0 Å². The third-order valence-corrected chi connectivity index (χ3v) is 10.9. The first kappa shape index (κ1) is 24.1. The van der Waals surface area contributed by atoms with Crippen molar-refractivity contribution < 1.29 is 9.53 Å². The highest BCUT2D eigenvalue weighted by Gasteiger charge is 2.59. The van der Waals surface area contributed by atoms with Crippen LogP contribution in [0.5, 0.6) is 0 Å². The van der Waals surface area contributed by atoms with Gasteiger partial charge in [0.1, 0.15) is 6.10 Å². The SMILES string of the molecule is C=C(CC[C@@H](C)[C@H]1CC[C@H]2[C@@H]3CC=C4C[C@@H](OC(C)=O)CC[C@]4(C)[C@H]3CC[C@]12C)C(C)C. The summed E-state index contributed by atoms with van der Waals surface area (Å²) in [6, 6.07) is 0. The number of carbonyl (C=O) groups is 1. The van der Waals surface area contributed by atoms with Gasteiger partial charge in [0.25, 0.3) is 0 Å². The fourth-order valence-electron chi connectivity index (χ4n) is 8.84. The van der Waals surface area contributed by atoms with Gasteiger partial charge in [-0.25, -0.2) is 0 Å². The summed E-state index contributed by atoms with van der Waals surface area (Å²) in [5.74, 6) is 4.76. The molecule has 8 atom stereocenters. The number of rotatable bonds is 6. The van der Waals surface area contributed by atoms with Gasteiger partial charge in [-0.15, -0.1) is 0 Å². The van der Waals surface area contributed by atoms with Gasteiger partial charge >= 0.3 is 5.97 Å². The standard InChI is InChI=1S/C30H48O2/c1-19(2)20(3)8-9-21(4)26-12-13-27-25-11-10-23-18-24(32-22(5)31)14-16-29(23,6)28(25)15-17-30(26,27)7/h10,19,21,24-28H,3,8-9,11-18H2,1-2,4-7H3/t21-,24+,25+,26-,27+,28+,29+,30-/m1/s1. The number of hydrogen-bond acceptors (Lipinski definition) is 2. The van der Waals surface area contributed by atoms with Crippen LogP contribution in [-0.4, -0.2) is 12.1 Å². The van der Waals surface area contributed by atoms with Crippen molar-refractivity contribution in [2.24, 2.45) is 46.3 Å². The van der Waals surface area contributed by atoms with Gasteiger partial charge < -0.3 is 4.74 Å². The second-order valence-corrected chi connectivity index (χ2v) is 12.8. The summed E-state index contributed by atoms with van der Waals surface area (Å²) >= 11 is 0. The number of carbonyl (C=O) groups excluding carboxylic acids is 1. The Morgan fingerprint density at radius 3 is 2.56 bits per heavy atom. The molecule has 0 heterocycles. The molecule has 0 aliphatic heterocycles. The van der Waals surface area contributed by atoms with Crippen LogP contribution in [0.4, 0.5) is 0 Å². The Morgan fingerprint density at radius 2 is 1.88 bits per heavy atom. The molecule has 4 aliphatic rings. The van der Waals surface area contributed by atoms with Crippen LogP contribution in [0.1, 0.15) is 106 Å². The van der Waals surface area contributed by atoms with Gasteiger partial charge in [-0.3, -0.25) is 4.79 Å². The predicted molar refractivity (Wildman–Crippen MR) is 133 cm³/mol. The van der Waals surface area contributed by atoms with Crippen LogP contribution >= 0.6 is 0 Å². The molecule has 0 aromatic heterocycles. The molecule has 2 nitrogen and oxygen atoms in total. The third kappa shape index (κ3) is 4.14. The van der Waals surface area contributed by atoms with Crippen LogP contribution in [-0.2, 0) is 9.53 Å². The van der Waals surface area contributed by atoms with E-state index in [2.05, 4.69) is 47.3 Å². The van der Waals surface area contributed by atoms with Crippen molar-refractivity contribution in [2.75, 3.05) is 0 Å². The molecule has 0 radical (unpaired) electrons. The zero-order valence-corrected chi connectivity index (χ0v) is 21.7. The van der Waals surface area contributed by atoms with E-state index in [0.29, 0.717) is 16.7 Å². The maximum Gasteiger partial charge on any atom is 0.302 e. The molecule has 0 bridgehead atoms. The van der Waals surface area contributed by atoms with Crippen LogP contribution in [0.3, 0.4) is 0 Å². The molecular weight excluding hydrogens is 392 g/mol. The van der Waals surface area contributed by atoms with E-state index in [9.17, 15) is 4.79 Å². The minimum absolute atomic E-state index is 0.106. The molecule has 4 aliphatic carbocycles. The van der Waals surface area contributed by atoms with Crippen LogP contribution < -0.4 is 0 Å². The molecule has 3 saturated carbocycles. The minimum atomic E-state index is -0.121. The fourth-order valence-corrected chi connectivity index (χ4v) is 8.84. The highest BCUT2D eigenvalue weighted by Crippen LogP contribution is 2.67. The molecule has 0 saturated heterocycles. The first-order chi connectivity index (χ1) is 15.1. The van der Waals surface area contributed by atoms with Gasteiger partial charge in [0, 0.05) is 13.3 Å². The molecule has 32 heavy (non-hydrogen) atoms. The molecule has 3 fully saturated rings. The molecule has 0 aromatic carbocycles. The lowest BCUT2D eigenvalue weighted by Gasteiger charge is -2.58. The van der Waals surface area contributed by atoms with E-state index in [4.69, 9.17) is 4.74 Å². The summed E-state index contributed by atoms with van der Waals surface area (Å²) in [5, 5.41) is 0. The topological polar surface area (TPSA) is 26.3 Å². The Hall–Kier alpha value is -1.05. The highest BCUT2D eigenvalue weighted by atomic mass is 16.5. The average Bonchev–Trinajstić information content (AvgIpc) is 3.08. The lowest BCUT2D eigenvalue weighted by molar-refractivity contribution is -0.148. The minimum Gasteiger partial charge on any atom is -0.462 e.